The molecular formula is C15H16F2N2O. The lowest BCUT2D eigenvalue weighted by Crippen LogP contribution is -2.08. The SMILES string of the molecule is CC(C)Oc1cc(Nc2c(F)cccc2F)ccc1N. The van der Waals surface area contributed by atoms with Crippen LogP contribution < -0.4 is 15.8 Å². The van der Waals surface area contributed by atoms with E-state index in [1.807, 2.05) is 13.8 Å². The molecule has 0 atom stereocenters. The number of benzene rings is 2. The van der Waals surface area contributed by atoms with Gasteiger partial charge in [-0.1, -0.05) is 6.07 Å². The molecule has 2 aromatic rings. The van der Waals surface area contributed by atoms with Crippen LogP contribution in [0.5, 0.6) is 5.75 Å². The molecule has 5 heteroatoms. The van der Waals surface area contributed by atoms with Gasteiger partial charge in [0.1, 0.15) is 23.1 Å². The zero-order chi connectivity index (χ0) is 14.7. The van der Waals surface area contributed by atoms with E-state index in [9.17, 15) is 8.78 Å². The monoisotopic (exact) mass is 278 g/mol. The van der Waals surface area contributed by atoms with Crippen LogP contribution in [0.4, 0.5) is 25.8 Å². The first-order valence-electron chi connectivity index (χ1n) is 6.24. The fourth-order valence-corrected chi connectivity index (χ4v) is 1.73. The van der Waals surface area contributed by atoms with Gasteiger partial charge >= 0.3 is 0 Å². The van der Waals surface area contributed by atoms with E-state index in [0.717, 1.165) is 0 Å². The number of halogens is 2. The lowest BCUT2D eigenvalue weighted by atomic mass is 10.2. The molecule has 0 amide bonds. The normalized spacial score (nSPS) is 10.7. The van der Waals surface area contributed by atoms with Crippen LogP contribution >= 0.6 is 0 Å². The van der Waals surface area contributed by atoms with Gasteiger partial charge in [-0.15, -0.1) is 0 Å². The Morgan fingerprint density at radius 2 is 1.75 bits per heavy atom. The minimum absolute atomic E-state index is 0.0438. The molecule has 0 aromatic heterocycles. The summed E-state index contributed by atoms with van der Waals surface area (Å²) in [6, 6.07) is 8.56. The van der Waals surface area contributed by atoms with E-state index in [1.54, 1.807) is 18.2 Å². The van der Waals surface area contributed by atoms with Crippen LogP contribution in [0.3, 0.4) is 0 Å². The Balaban J connectivity index is 2.30. The second kappa shape index (κ2) is 5.77. The molecule has 0 radical (unpaired) electrons. The van der Waals surface area contributed by atoms with Gasteiger partial charge in [0, 0.05) is 11.8 Å². The van der Waals surface area contributed by atoms with Crippen molar-refractivity contribution in [2.45, 2.75) is 20.0 Å². The Bertz CT molecular complexity index is 595. The van der Waals surface area contributed by atoms with E-state index in [4.69, 9.17) is 10.5 Å². The predicted octanol–water partition coefficient (Wildman–Crippen LogP) is 4.08. The van der Waals surface area contributed by atoms with Gasteiger partial charge in [-0.3, -0.25) is 0 Å². The summed E-state index contributed by atoms with van der Waals surface area (Å²) < 4.78 is 32.7. The molecule has 2 aromatic carbocycles. The van der Waals surface area contributed by atoms with Crippen molar-refractivity contribution < 1.29 is 13.5 Å². The highest BCUT2D eigenvalue weighted by Gasteiger charge is 2.10. The van der Waals surface area contributed by atoms with Crippen LogP contribution in [0.15, 0.2) is 36.4 Å². The van der Waals surface area contributed by atoms with Crippen LogP contribution in [-0.2, 0) is 0 Å². The highest BCUT2D eigenvalue weighted by molar-refractivity contribution is 5.67. The number of rotatable bonds is 4. The van der Waals surface area contributed by atoms with Gasteiger partial charge in [0.2, 0.25) is 0 Å². The van der Waals surface area contributed by atoms with Gasteiger partial charge in [-0.25, -0.2) is 8.78 Å². The van der Waals surface area contributed by atoms with E-state index in [-0.39, 0.29) is 11.8 Å². The van der Waals surface area contributed by atoms with Crippen molar-refractivity contribution in [3.8, 4) is 5.75 Å². The van der Waals surface area contributed by atoms with Crippen LogP contribution in [0.2, 0.25) is 0 Å². The standard InChI is InChI=1S/C15H16F2N2O/c1-9(2)20-14-8-10(6-7-13(14)18)19-15-11(16)4-3-5-12(15)17/h3-9,19H,18H2,1-2H3. The average Bonchev–Trinajstić information content (AvgIpc) is 2.37. The Morgan fingerprint density at radius 1 is 1.10 bits per heavy atom. The summed E-state index contributed by atoms with van der Waals surface area (Å²) in [4.78, 5) is 0. The molecule has 0 aliphatic rings. The van der Waals surface area contributed by atoms with Crippen LogP contribution in [0.25, 0.3) is 0 Å². The highest BCUT2D eigenvalue weighted by atomic mass is 19.1. The molecule has 0 spiro atoms. The lowest BCUT2D eigenvalue weighted by molar-refractivity contribution is 0.244. The maximum atomic E-state index is 13.6. The molecule has 106 valence electrons. The van der Waals surface area contributed by atoms with Crippen LogP contribution in [-0.4, -0.2) is 6.10 Å². The van der Waals surface area contributed by atoms with E-state index in [0.29, 0.717) is 17.1 Å². The molecule has 0 unspecified atom stereocenters. The van der Waals surface area contributed by atoms with Crippen molar-refractivity contribution in [3.05, 3.63) is 48.0 Å². The van der Waals surface area contributed by atoms with Gasteiger partial charge in [0.25, 0.3) is 0 Å². The van der Waals surface area contributed by atoms with Gasteiger partial charge in [-0.05, 0) is 38.1 Å². The third-order valence-corrected chi connectivity index (χ3v) is 2.61. The van der Waals surface area contributed by atoms with Gasteiger partial charge in [0.15, 0.2) is 0 Å². The molecule has 0 saturated carbocycles. The molecule has 0 bridgehead atoms. The number of nitrogens with one attached hydrogen (secondary N) is 1. The highest BCUT2D eigenvalue weighted by Crippen LogP contribution is 2.30. The van der Waals surface area contributed by atoms with E-state index >= 15 is 0 Å². The number of nitrogens with two attached hydrogens (primary N) is 1. The first kappa shape index (κ1) is 14.1. The van der Waals surface area contributed by atoms with Crippen molar-refractivity contribution in [3.63, 3.8) is 0 Å². The number of para-hydroxylation sites is 1. The van der Waals surface area contributed by atoms with Gasteiger partial charge in [0.05, 0.1) is 11.8 Å². The fraction of sp³-hybridized carbons (Fsp3) is 0.200. The van der Waals surface area contributed by atoms with Crippen molar-refractivity contribution in [1.82, 2.24) is 0 Å². The molecule has 0 aliphatic heterocycles. The second-order valence-electron chi connectivity index (χ2n) is 4.64. The zero-order valence-corrected chi connectivity index (χ0v) is 11.3. The van der Waals surface area contributed by atoms with Crippen LogP contribution in [0.1, 0.15) is 13.8 Å². The third-order valence-electron chi connectivity index (χ3n) is 2.61. The maximum Gasteiger partial charge on any atom is 0.149 e. The van der Waals surface area contributed by atoms with Crippen LogP contribution in [0, 0.1) is 11.6 Å². The number of anilines is 3. The van der Waals surface area contributed by atoms with Gasteiger partial charge < -0.3 is 15.8 Å². The Hall–Kier alpha value is -2.30. The average molecular weight is 278 g/mol. The molecule has 0 saturated heterocycles. The summed E-state index contributed by atoms with van der Waals surface area (Å²) in [5.41, 5.74) is 6.56. The molecule has 3 N–H and O–H groups in total. The lowest BCUT2D eigenvalue weighted by Gasteiger charge is -2.14. The summed E-state index contributed by atoms with van der Waals surface area (Å²) in [7, 11) is 0. The van der Waals surface area contributed by atoms with Crippen molar-refractivity contribution >= 4 is 17.1 Å². The van der Waals surface area contributed by atoms with Crippen molar-refractivity contribution in [2.24, 2.45) is 0 Å². The summed E-state index contributed by atoms with van der Waals surface area (Å²) in [6.07, 6.45) is -0.0438. The molecule has 3 nitrogen and oxygen atoms in total. The maximum absolute atomic E-state index is 13.6. The predicted molar refractivity (Wildman–Crippen MR) is 76.3 cm³/mol. The summed E-state index contributed by atoms with van der Waals surface area (Å²) in [5, 5.41) is 2.70. The zero-order valence-electron chi connectivity index (χ0n) is 11.3. The van der Waals surface area contributed by atoms with Crippen molar-refractivity contribution in [2.75, 3.05) is 11.1 Å². The minimum atomic E-state index is -0.659. The molecule has 0 heterocycles. The number of hydrogen-bond acceptors (Lipinski definition) is 3. The molecule has 0 aliphatic carbocycles. The Kier molecular flexibility index (Phi) is 4.08. The topological polar surface area (TPSA) is 47.3 Å². The third kappa shape index (κ3) is 3.17. The molecular weight excluding hydrogens is 262 g/mol. The van der Waals surface area contributed by atoms with E-state index < -0.39 is 11.6 Å². The minimum Gasteiger partial charge on any atom is -0.489 e. The summed E-state index contributed by atoms with van der Waals surface area (Å²) >= 11 is 0. The smallest absolute Gasteiger partial charge is 0.149 e. The summed E-state index contributed by atoms with van der Waals surface area (Å²) in [5.74, 6) is -0.844. The number of ether oxygens (including phenoxy) is 1. The molecule has 20 heavy (non-hydrogen) atoms. The van der Waals surface area contributed by atoms with E-state index in [1.165, 1.54) is 18.2 Å². The molecule has 0 fully saturated rings. The second-order valence-corrected chi connectivity index (χ2v) is 4.64. The first-order chi connectivity index (χ1) is 9.47. The number of hydrogen-bond donors (Lipinski definition) is 2. The summed E-state index contributed by atoms with van der Waals surface area (Å²) in [6.45, 7) is 3.74. The quantitative estimate of drug-likeness (QED) is 0.828. The van der Waals surface area contributed by atoms with Crippen molar-refractivity contribution in [1.29, 1.82) is 0 Å². The molecule has 2 rings (SSSR count). The Morgan fingerprint density at radius 3 is 2.35 bits per heavy atom. The largest absolute Gasteiger partial charge is 0.489 e. The van der Waals surface area contributed by atoms with E-state index in [2.05, 4.69) is 5.32 Å². The number of nitrogen functional groups attached to an aromatic ring is 1. The Labute approximate surface area is 116 Å². The fourth-order valence-electron chi connectivity index (χ4n) is 1.73. The first-order valence-corrected chi connectivity index (χ1v) is 6.24. The van der Waals surface area contributed by atoms with Gasteiger partial charge in [-0.2, -0.15) is 0 Å².